The van der Waals surface area contributed by atoms with Gasteiger partial charge in [-0.05, 0) is 22.6 Å². The van der Waals surface area contributed by atoms with Crippen molar-refractivity contribution in [2.75, 3.05) is 0 Å². The Morgan fingerprint density at radius 2 is 0.750 bits per heavy atom. The van der Waals surface area contributed by atoms with Crippen LogP contribution in [-0.2, 0) is 0 Å². The second-order valence-electron chi connectivity index (χ2n) is 5.89. The Morgan fingerprint density at radius 3 is 1.21 bits per heavy atom. The van der Waals surface area contributed by atoms with Gasteiger partial charge in [-0.2, -0.15) is 0 Å². The van der Waals surface area contributed by atoms with E-state index in [1.165, 1.54) is 10.4 Å². The Labute approximate surface area is 137 Å². The van der Waals surface area contributed by atoms with Crippen LogP contribution in [0, 0.1) is 42.0 Å². The van der Waals surface area contributed by atoms with Crippen LogP contribution in [0.2, 0.25) is 0 Å². The third-order valence-electron chi connectivity index (χ3n) is 4.56. The molecule has 2 heterocycles. The van der Waals surface area contributed by atoms with Gasteiger partial charge in [0.2, 0.25) is 0 Å². The fourth-order valence-electron chi connectivity index (χ4n) is 3.52. The molecule has 2 aromatic carbocycles. The van der Waals surface area contributed by atoms with Crippen molar-refractivity contribution in [1.29, 1.82) is 0 Å². The molecule has 4 aromatic rings. The molecular formula is C22H14N2. The Kier molecular flexibility index (Phi) is 2.83. The van der Waals surface area contributed by atoms with Gasteiger partial charge in [0.05, 0.1) is 10.7 Å². The Hall–Kier alpha value is -3.26. The molecule has 0 bridgehead atoms. The molecule has 0 unspecified atom stereocenters. The number of hydrogen-bond acceptors (Lipinski definition) is 2. The lowest BCUT2D eigenvalue weighted by molar-refractivity contribution is 1.13. The minimum absolute atomic E-state index is 1.02. The van der Waals surface area contributed by atoms with Gasteiger partial charge in [0.1, 0.15) is 0 Å². The number of benzene rings is 2. The highest BCUT2D eigenvalue weighted by atomic mass is 14.6. The molecular weight excluding hydrogens is 292 g/mol. The monoisotopic (exact) mass is 306 g/mol. The molecule has 112 valence electrons. The molecule has 2 heteroatoms. The minimum Gasteiger partial charge on any atom is -0.256 e. The highest BCUT2D eigenvalue weighted by Crippen LogP contribution is 2.10. The van der Waals surface area contributed by atoms with E-state index in [4.69, 9.17) is 9.97 Å². The summed E-state index contributed by atoms with van der Waals surface area (Å²) in [5.41, 5.74) is 0. The van der Waals surface area contributed by atoms with Crippen LogP contribution < -0.4 is 0 Å². The first kappa shape index (κ1) is 13.2. The molecule has 0 fully saturated rings. The predicted molar refractivity (Wildman–Crippen MR) is 92.0 cm³/mol. The smallest absolute Gasteiger partial charge is 0.0786 e. The Morgan fingerprint density at radius 1 is 0.375 bits per heavy atom. The quantitative estimate of drug-likeness (QED) is 0.433. The van der Waals surface area contributed by atoms with Crippen LogP contribution in [0.5, 0.6) is 0 Å². The zero-order valence-corrected chi connectivity index (χ0v) is 13.0. The molecule has 2 nitrogen and oxygen atoms in total. The zero-order valence-electron chi connectivity index (χ0n) is 13.0. The first-order valence-corrected chi connectivity index (χ1v) is 8.03. The number of pyridine rings is 2. The summed E-state index contributed by atoms with van der Waals surface area (Å²) in [4.78, 5) is 9.43. The van der Waals surface area contributed by atoms with Gasteiger partial charge in [0.25, 0.3) is 0 Å². The van der Waals surface area contributed by atoms with Gasteiger partial charge in [0, 0.05) is 33.3 Å². The van der Waals surface area contributed by atoms with Gasteiger partial charge in [-0.25, -0.2) is 0 Å². The van der Waals surface area contributed by atoms with Gasteiger partial charge in [-0.15, -0.1) is 0 Å². The summed E-state index contributed by atoms with van der Waals surface area (Å²) in [6, 6.07) is 25.2. The Bertz CT molecular complexity index is 1070. The fraction of sp³-hybridized carbons (Fsp3) is 0. The van der Waals surface area contributed by atoms with Crippen molar-refractivity contribution in [3.63, 3.8) is 0 Å². The molecule has 0 atom stereocenters. The van der Waals surface area contributed by atoms with Crippen LogP contribution in [0.15, 0.2) is 85.2 Å². The highest BCUT2D eigenvalue weighted by Gasteiger charge is 2.00. The van der Waals surface area contributed by atoms with Gasteiger partial charge in [-0.3, -0.25) is 9.97 Å². The SMILES string of the molecule is c1ccc2/c(c1)=c1/cccn/c1=c1\cccc\c1=c1/cccn/c1=2. The average Bonchev–Trinajstić information content (AvgIpc) is 2.67. The standard InChI is InChI=1S/C22H14N2/c1-3-9-17-15(7-1)19-11-5-13-24-22(19)18-10-4-2-8-16(18)20-12-6-14-23-21(17)20/h1-14H/b19-15-,20-16-,21-17+,22-18+. The lowest BCUT2D eigenvalue weighted by Crippen LogP contribution is -1.92. The van der Waals surface area contributed by atoms with Crippen molar-refractivity contribution in [2.45, 2.75) is 0 Å². The largest absolute Gasteiger partial charge is 0.256 e. The van der Waals surface area contributed by atoms with Crippen molar-refractivity contribution in [1.82, 2.24) is 9.97 Å². The number of fused-ring (bicyclic) bond motifs is 4. The number of rotatable bonds is 0. The second-order valence-corrected chi connectivity index (χ2v) is 5.89. The summed E-state index contributed by atoms with van der Waals surface area (Å²) in [6.07, 6.45) is 3.73. The maximum Gasteiger partial charge on any atom is 0.0786 e. The van der Waals surface area contributed by atoms with E-state index in [1.807, 2.05) is 24.5 Å². The van der Waals surface area contributed by atoms with Crippen LogP contribution in [0.1, 0.15) is 0 Å². The summed E-state index contributed by atoms with van der Waals surface area (Å²) in [5.74, 6) is 0. The first-order valence-electron chi connectivity index (χ1n) is 8.03. The second kappa shape index (κ2) is 5.14. The number of nitrogens with zero attached hydrogens (tertiary/aromatic N) is 2. The van der Waals surface area contributed by atoms with Gasteiger partial charge in [0.15, 0.2) is 0 Å². The highest BCUT2D eigenvalue weighted by molar-refractivity contribution is 5.25. The van der Waals surface area contributed by atoms with Crippen LogP contribution in [0.3, 0.4) is 0 Å². The van der Waals surface area contributed by atoms with Gasteiger partial charge < -0.3 is 0 Å². The zero-order chi connectivity index (χ0) is 15.9. The minimum atomic E-state index is 1.02. The van der Waals surface area contributed by atoms with Crippen molar-refractivity contribution >= 4 is 0 Å². The summed E-state index contributed by atoms with van der Waals surface area (Å²) < 4.78 is 0. The van der Waals surface area contributed by atoms with Gasteiger partial charge in [-0.1, -0.05) is 60.7 Å². The van der Waals surface area contributed by atoms with E-state index in [0.717, 1.165) is 31.6 Å². The van der Waals surface area contributed by atoms with E-state index in [0.29, 0.717) is 0 Å². The van der Waals surface area contributed by atoms with E-state index in [1.54, 1.807) is 0 Å². The molecule has 0 saturated heterocycles. The van der Waals surface area contributed by atoms with Gasteiger partial charge >= 0.3 is 0 Å². The van der Waals surface area contributed by atoms with Crippen LogP contribution in [-0.4, -0.2) is 9.97 Å². The molecule has 0 radical (unpaired) electrons. The molecule has 1 aliphatic carbocycles. The lowest BCUT2D eigenvalue weighted by atomic mass is 10.1. The summed E-state index contributed by atoms with van der Waals surface area (Å²) in [5, 5.41) is 9.00. The molecule has 24 heavy (non-hydrogen) atoms. The van der Waals surface area contributed by atoms with Crippen LogP contribution in [0.4, 0.5) is 0 Å². The lowest BCUT2D eigenvalue weighted by Gasteiger charge is -2.00. The maximum absolute atomic E-state index is 4.71. The van der Waals surface area contributed by atoms with Crippen molar-refractivity contribution in [2.24, 2.45) is 0 Å². The average molecular weight is 306 g/mol. The van der Waals surface area contributed by atoms with Crippen LogP contribution >= 0.6 is 0 Å². The van der Waals surface area contributed by atoms with Crippen molar-refractivity contribution in [3.8, 4) is 0 Å². The normalized spacial score (nSPS) is 17.3. The molecule has 0 spiro atoms. The molecule has 0 saturated carbocycles. The topological polar surface area (TPSA) is 25.8 Å². The maximum atomic E-state index is 4.71. The van der Waals surface area contributed by atoms with E-state index in [-0.39, 0.29) is 0 Å². The Balaban J connectivity index is 2.48. The molecule has 0 amide bonds. The molecule has 5 rings (SSSR count). The molecule has 0 N–H and O–H groups in total. The third kappa shape index (κ3) is 1.83. The summed E-state index contributed by atoms with van der Waals surface area (Å²) in [6.45, 7) is 0. The van der Waals surface area contributed by atoms with Crippen LogP contribution in [0.25, 0.3) is 0 Å². The predicted octanol–water partition coefficient (Wildman–Crippen LogP) is 3.94. The van der Waals surface area contributed by atoms with Crippen molar-refractivity contribution < 1.29 is 0 Å². The number of aromatic nitrogens is 2. The van der Waals surface area contributed by atoms with E-state index in [2.05, 4.69) is 60.7 Å². The third-order valence-corrected chi connectivity index (χ3v) is 4.56. The molecule has 1 aliphatic rings. The molecule has 2 aromatic heterocycles. The summed E-state index contributed by atoms with van der Waals surface area (Å²) >= 11 is 0. The fourth-order valence-corrected chi connectivity index (χ4v) is 3.52. The van der Waals surface area contributed by atoms with E-state index < -0.39 is 0 Å². The van der Waals surface area contributed by atoms with Crippen molar-refractivity contribution in [3.05, 3.63) is 127 Å². The van der Waals surface area contributed by atoms with E-state index in [9.17, 15) is 0 Å². The summed E-state index contributed by atoms with van der Waals surface area (Å²) in [7, 11) is 0. The van der Waals surface area contributed by atoms with E-state index >= 15 is 0 Å². The molecule has 0 aliphatic heterocycles. The number of hydrogen-bond donors (Lipinski definition) is 0. The first-order chi connectivity index (χ1) is 11.9.